The van der Waals surface area contributed by atoms with Gasteiger partial charge in [-0.25, -0.2) is 0 Å². The molecule has 2 atom stereocenters. The van der Waals surface area contributed by atoms with E-state index in [0.29, 0.717) is 12.5 Å². The zero-order valence-electron chi connectivity index (χ0n) is 12.6. The molecule has 0 bridgehead atoms. The van der Waals surface area contributed by atoms with Gasteiger partial charge in [0.25, 0.3) is 0 Å². The second-order valence-electron chi connectivity index (χ2n) is 5.66. The van der Waals surface area contributed by atoms with Crippen molar-refractivity contribution in [3.05, 3.63) is 39.3 Å². The number of aromatic nitrogens is 2. The maximum Gasteiger partial charge on any atom is 0.0938 e. The van der Waals surface area contributed by atoms with Crippen LogP contribution in [0.25, 0.3) is 0 Å². The van der Waals surface area contributed by atoms with Gasteiger partial charge in [0.1, 0.15) is 0 Å². The van der Waals surface area contributed by atoms with E-state index in [9.17, 15) is 5.11 Å². The van der Waals surface area contributed by atoms with Crippen molar-refractivity contribution in [3.63, 3.8) is 0 Å². The van der Waals surface area contributed by atoms with Crippen LogP contribution in [0.3, 0.4) is 0 Å². The number of aliphatic hydroxyl groups is 1. The Hall–Kier alpha value is -0.780. The molecule has 3 nitrogen and oxygen atoms in total. The van der Waals surface area contributed by atoms with Gasteiger partial charge in [0.05, 0.1) is 11.8 Å². The normalized spacial score (nSPS) is 17.5. The summed E-state index contributed by atoms with van der Waals surface area (Å²) >= 11 is 3.77. The van der Waals surface area contributed by atoms with Gasteiger partial charge in [-0.3, -0.25) is 4.68 Å². The summed E-state index contributed by atoms with van der Waals surface area (Å²) in [4.78, 5) is 2.56. The molecule has 1 aliphatic heterocycles. The zero-order chi connectivity index (χ0) is 14.8. The van der Waals surface area contributed by atoms with E-state index in [1.165, 1.54) is 16.2 Å². The second-order valence-corrected chi connectivity index (χ2v) is 7.94. The summed E-state index contributed by atoms with van der Waals surface area (Å²) in [6.45, 7) is 4.33. The lowest BCUT2D eigenvalue weighted by atomic mass is 10.1. The minimum Gasteiger partial charge on any atom is -0.387 e. The SMILES string of the molecule is CCC(C)n1ccc(CC(O)c2cc3c(s2)CCSC3)n1. The largest absolute Gasteiger partial charge is 0.387 e. The lowest BCUT2D eigenvalue weighted by Gasteiger charge is -2.09. The Morgan fingerprint density at radius 2 is 2.33 bits per heavy atom. The highest BCUT2D eigenvalue weighted by atomic mass is 32.2. The van der Waals surface area contributed by atoms with Gasteiger partial charge in [0, 0.05) is 34.2 Å². The average Bonchev–Trinajstić information content (AvgIpc) is 3.12. The molecular formula is C16H22N2OS2. The molecule has 3 rings (SSSR count). The topological polar surface area (TPSA) is 38.0 Å². The summed E-state index contributed by atoms with van der Waals surface area (Å²) in [6.07, 6.45) is 4.42. The monoisotopic (exact) mass is 322 g/mol. The number of thioether (sulfide) groups is 1. The Kier molecular flexibility index (Phi) is 4.72. The minimum atomic E-state index is -0.425. The fourth-order valence-electron chi connectivity index (χ4n) is 2.55. The standard InChI is InChI=1S/C16H22N2OS2/c1-3-11(2)18-6-4-13(17-18)9-14(19)16-8-12-10-20-7-5-15(12)21-16/h4,6,8,11,14,19H,3,5,7,9-10H2,1-2H3. The summed E-state index contributed by atoms with van der Waals surface area (Å²) in [5.74, 6) is 2.31. The predicted octanol–water partition coefficient (Wildman–Crippen LogP) is 3.98. The van der Waals surface area contributed by atoms with Crippen LogP contribution in [0.5, 0.6) is 0 Å². The van der Waals surface area contributed by atoms with Crippen molar-refractivity contribution in [2.45, 2.75) is 51.0 Å². The molecule has 2 unspecified atom stereocenters. The highest BCUT2D eigenvalue weighted by Gasteiger charge is 2.19. The van der Waals surface area contributed by atoms with E-state index in [4.69, 9.17) is 0 Å². The molecule has 0 saturated carbocycles. The van der Waals surface area contributed by atoms with Gasteiger partial charge < -0.3 is 5.11 Å². The highest BCUT2D eigenvalue weighted by Crippen LogP contribution is 2.35. The molecule has 0 saturated heterocycles. The molecule has 3 heterocycles. The smallest absolute Gasteiger partial charge is 0.0938 e. The average molecular weight is 322 g/mol. The maximum atomic E-state index is 10.5. The number of aliphatic hydroxyl groups excluding tert-OH is 1. The lowest BCUT2D eigenvalue weighted by molar-refractivity contribution is 0.180. The van der Waals surface area contributed by atoms with Crippen molar-refractivity contribution < 1.29 is 5.11 Å². The predicted molar refractivity (Wildman–Crippen MR) is 90.1 cm³/mol. The van der Waals surface area contributed by atoms with Crippen LogP contribution in [-0.2, 0) is 18.6 Å². The summed E-state index contributed by atoms with van der Waals surface area (Å²) < 4.78 is 2.00. The van der Waals surface area contributed by atoms with Crippen molar-refractivity contribution in [1.29, 1.82) is 0 Å². The van der Waals surface area contributed by atoms with Crippen LogP contribution < -0.4 is 0 Å². The number of fused-ring (bicyclic) bond motifs is 1. The molecule has 0 amide bonds. The third kappa shape index (κ3) is 3.35. The Morgan fingerprint density at radius 1 is 1.48 bits per heavy atom. The Morgan fingerprint density at radius 3 is 3.10 bits per heavy atom. The van der Waals surface area contributed by atoms with Crippen molar-refractivity contribution in [2.75, 3.05) is 5.75 Å². The zero-order valence-corrected chi connectivity index (χ0v) is 14.2. The van der Waals surface area contributed by atoms with Crippen LogP contribution in [0.15, 0.2) is 18.3 Å². The van der Waals surface area contributed by atoms with E-state index < -0.39 is 6.10 Å². The van der Waals surface area contributed by atoms with E-state index in [-0.39, 0.29) is 0 Å². The van der Waals surface area contributed by atoms with Crippen molar-refractivity contribution in [3.8, 4) is 0 Å². The molecule has 114 valence electrons. The summed E-state index contributed by atoms with van der Waals surface area (Å²) in [5.41, 5.74) is 2.40. The molecule has 2 aromatic rings. The van der Waals surface area contributed by atoms with Crippen LogP contribution in [0, 0.1) is 0 Å². The van der Waals surface area contributed by atoms with Crippen LogP contribution in [0.2, 0.25) is 0 Å². The van der Waals surface area contributed by atoms with E-state index in [1.807, 2.05) is 28.7 Å². The van der Waals surface area contributed by atoms with Crippen molar-refractivity contribution in [1.82, 2.24) is 9.78 Å². The van der Waals surface area contributed by atoms with Crippen molar-refractivity contribution >= 4 is 23.1 Å². The van der Waals surface area contributed by atoms with Gasteiger partial charge in [-0.05, 0) is 43.2 Å². The number of hydrogen-bond donors (Lipinski definition) is 1. The molecule has 1 aliphatic rings. The number of hydrogen-bond acceptors (Lipinski definition) is 4. The van der Waals surface area contributed by atoms with Crippen LogP contribution in [0.1, 0.15) is 53.4 Å². The molecule has 0 fully saturated rings. The summed E-state index contributed by atoms with van der Waals surface area (Å²) in [6, 6.07) is 4.64. The second kappa shape index (κ2) is 6.55. The molecule has 5 heteroatoms. The van der Waals surface area contributed by atoms with Gasteiger partial charge >= 0.3 is 0 Å². The number of rotatable bonds is 5. The first kappa shape index (κ1) is 15.1. The van der Waals surface area contributed by atoms with Crippen molar-refractivity contribution in [2.24, 2.45) is 0 Å². The van der Waals surface area contributed by atoms with Gasteiger partial charge in [-0.1, -0.05) is 6.92 Å². The summed E-state index contributed by atoms with van der Waals surface area (Å²) in [5, 5.41) is 15.1. The van der Waals surface area contributed by atoms with Crippen LogP contribution >= 0.6 is 23.1 Å². The molecule has 0 radical (unpaired) electrons. The number of thiophene rings is 1. The van der Waals surface area contributed by atoms with Gasteiger partial charge in [-0.2, -0.15) is 16.9 Å². The molecule has 21 heavy (non-hydrogen) atoms. The molecular weight excluding hydrogens is 300 g/mol. The Balaban J connectivity index is 1.69. The quantitative estimate of drug-likeness (QED) is 0.905. The van der Waals surface area contributed by atoms with Gasteiger partial charge in [-0.15, -0.1) is 11.3 Å². The van der Waals surface area contributed by atoms with Crippen LogP contribution in [0.4, 0.5) is 0 Å². The Bertz CT molecular complexity index is 582. The molecule has 2 aromatic heterocycles. The Labute approximate surface area is 134 Å². The number of aryl methyl sites for hydroxylation is 1. The molecule has 1 N–H and O–H groups in total. The minimum absolute atomic E-state index is 0.418. The van der Waals surface area contributed by atoms with Crippen LogP contribution in [-0.4, -0.2) is 20.6 Å². The number of nitrogens with zero attached hydrogens (tertiary/aromatic N) is 2. The van der Waals surface area contributed by atoms with Gasteiger partial charge in [0.2, 0.25) is 0 Å². The third-order valence-corrected chi connectivity index (χ3v) is 6.43. The fraction of sp³-hybridized carbons (Fsp3) is 0.562. The highest BCUT2D eigenvalue weighted by molar-refractivity contribution is 7.98. The molecule has 0 aliphatic carbocycles. The van der Waals surface area contributed by atoms with E-state index in [0.717, 1.165) is 29.2 Å². The maximum absolute atomic E-state index is 10.5. The summed E-state index contributed by atoms with van der Waals surface area (Å²) in [7, 11) is 0. The van der Waals surface area contributed by atoms with Gasteiger partial charge in [0.15, 0.2) is 0 Å². The van der Waals surface area contributed by atoms with E-state index in [2.05, 4.69) is 25.0 Å². The third-order valence-electron chi connectivity index (χ3n) is 4.08. The lowest BCUT2D eigenvalue weighted by Crippen LogP contribution is -2.06. The van der Waals surface area contributed by atoms with E-state index >= 15 is 0 Å². The molecule has 0 aromatic carbocycles. The van der Waals surface area contributed by atoms with E-state index in [1.54, 1.807) is 11.3 Å². The first-order chi connectivity index (χ1) is 10.2. The first-order valence-corrected chi connectivity index (χ1v) is 9.55. The molecule has 0 spiro atoms. The first-order valence-electron chi connectivity index (χ1n) is 7.58. The fourth-order valence-corrected chi connectivity index (χ4v) is 4.91.